The zero-order chi connectivity index (χ0) is 17.1. The Labute approximate surface area is 130 Å². The quantitative estimate of drug-likeness (QED) is 0.456. The largest absolute Gasteiger partial charge is 0.521 e. The lowest BCUT2D eigenvalue weighted by atomic mass is 9.91. The van der Waals surface area contributed by atoms with Gasteiger partial charge in [0.05, 0.1) is 6.57 Å². The highest BCUT2D eigenvalue weighted by molar-refractivity contribution is 5.66. The summed E-state index contributed by atoms with van der Waals surface area (Å²) in [4.78, 5) is 6.63. The third-order valence-electron chi connectivity index (χ3n) is 2.85. The smallest absolute Gasteiger partial charge is 0.333 e. The molecule has 0 unspecified atom stereocenters. The average molecular weight is 300 g/mol. The van der Waals surface area contributed by atoms with Crippen LogP contribution in [0.4, 0.5) is 11.5 Å². The van der Waals surface area contributed by atoms with E-state index in [1.54, 1.807) is 20.8 Å². The summed E-state index contributed by atoms with van der Waals surface area (Å²) < 4.78 is 0. The van der Waals surface area contributed by atoms with E-state index in [-0.39, 0.29) is 28.5 Å². The van der Waals surface area contributed by atoms with E-state index in [9.17, 15) is 5.11 Å². The van der Waals surface area contributed by atoms with Crippen molar-refractivity contribution in [1.29, 1.82) is 0 Å². The molecule has 0 aliphatic rings. The summed E-state index contributed by atoms with van der Waals surface area (Å²) in [5.41, 5.74) is 0.0387. The molecule has 1 rings (SSSR count). The Bertz CT molecular complexity index is 698. The molecule has 0 radical (unpaired) electrons. The Morgan fingerprint density at radius 2 is 1.77 bits per heavy atom. The minimum Gasteiger partial charge on any atom is -0.521 e. The first-order chi connectivity index (χ1) is 10.0. The van der Waals surface area contributed by atoms with E-state index < -0.39 is 5.41 Å². The molecule has 2 N–H and O–H groups in total. The molecule has 7 nitrogen and oxygen atoms in total. The Balaban J connectivity index is 3.30. The van der Waals surface area contributed by atoms with Crippen molar-refractivity contribution in [3.05, 3.63) is 40.1 Å². The molecule has 0 saturated carbocycles. The highest BCUT2D eigenvalue weighted by Gasteiger charge is 2.25. The number of hydrogen-bond acceptors (Lipinski definition) is 4. The minimum absolute atomic E-state index is 0.114. The molecule has 0 fully saturated rings. The molecule has 0 amide bonds. The number of H-pyrrole nitrogens is 1. The first-order valence-corrected chi connectivity index (χ1v) is 6.71. The second-order valence-electron chi connectivity index (χ2n) is 6.87. The predicted molar refractivity (Wildman–Crippen MR) is 83.8 cm³/mol. The second-order valence-corrected chi connectivity index (χ2v) is 6.87. The molecule has 0 aliphatic carbocycles. The summed E-state index contributed by atoms with van der Waals surface area (Å²) in [6, 6.07) is 0. The van der Waals surface area contributed by atoms with Crippen LogP contribution in [0.25, 0.3) is 9.69 Å². The summed E-state index contributed by atoms with van der Waals surface area (Å²) in [6.45, 7) is 25.5. The van der Waals surface area contributed by atoms with Gasteiger partial charge >= 0.3 is 5.82 Å². The highest BCUT2D eigenvalue weighted by Crippen LogP contribution is 2.37. The number of nitrogens with zero attached hydrogens (tertiary/aromatic N) is 5. The van der Waals surface area contributed by atoms with Crippen LogP contribution in [0, 0.1) is 18.6 Å². The van der Waals surface area contributed by atoms with Gasteiger partial charge in [-0.1, -0.05) is 48.1 Å². The van der Waals surface area contributed by atoms with E-state index in [0.717, 1.165) is 0 Å². The lowest BCUT2D eigenvalue weighted by molar-refractivity contribution is 0.272. The van der Waals surface area contributed by atoms with Crippen molar-refractivity contribution in [2.75, 3.05) is 0 Å². The lowest BCUT2D eigenvalue weighted by Crippen LogP contribution is -2.11. The Morgan fingerprint density at radius 3 is 2.18 bits per heavy atom. The Hall–Kier alpha value is -2.67. The first-order valence-electron chi connectivity index (χ1n) is 6.71. The fraction of sp³-hybridized carbons (Fsp3) is 0.533. The molecule has 1 heterocycles. The fourth-order valence-electron chi connectivity index (χ4n) is 1.58. The van der Waals surface area contributed by atoms with Gasteiger partial charge in [-0.2, -0.15) is 5.10 Å². The van der Waals surface area contributed by atoms with E-state index in [4.69, 9.17) is 13.1 Å². The number of aromatic nitrogens is 2. The van der Waals surface area contributed by atoms with Crippen molar-refractivity contribution < 1.29 is 5.11 Å². The fourth-order valence-corrected chi connectivity index (χ4v) is 1.58. The third kappa shape index (κ3) is 3.70. The van der Waals surface area contributed by atoms with Crippen molar-refractivity contribution in [1.82, 2.24) is 10.2 Å². The molecule has 0 aromatic carbocycles. The van der Waals surface area contributed by atoms with Crippen LogP contribution >= 0.6 is 0 Å². The van der Waals surface area contributed by atoms with E-state index >= 15 is 0 Å². The Morgan fingerprint density at radius 1 is 1.18 bits per heavy atom. The molecule has 116 valence electrons. The number of aromatic amines is 1. The van der Waals surface area contributed by atoms with Crippen molar-refractivity contribution >= 4 is 11.5 Å². The van der Waals surface area contributed by atoms with Gasteiger partial charge in [0, 0.05) is 16.2 Å². The van der Waals surface area contributed by atoms with Gasteiger partial charge in [0.1, 0.15) is 5.76 Å². The van der Waals surface area contributed by atoms with E-state index in [1.807, 2.05) is 20.8 Å². The van der Waals surface area contributed by atoms with Gasteiger partial charge in [0.15, 0.2) is 0 Å². The van der Waals surface area contributed by atoms with E-state index in [0.29, 0.717) is 5.69 Å². The SMILES string of the molecule is [C-]#[N+]C(/N=N/c1n[nH]c(C(C)(C)C)c1[N+]#[C-])=C(/O)C(C)(C)C. The molecular weight excluding hydrogens is 280 g/mol. The topological polar surface area (TPSA) is 82.3 Å². The molecule has 7 heteroatoms. The first kappa shape index (κ1) is 17.4. The molecule has 0 atom stereocenters. The van der Waals surface area contributed by atoms with Gasteiger partial charge in [-0.25, -0.2) is 4.85 Å². The average Bonchev–Trinajstić information content (AvgIpc) is 2.81. The summed E-state index contributed by atoms with van der Waals surface area (Å²) in [7, 11) is 0. The molecule has 0 bridgehead atoms. The van der Waals surface area contributed by atoms with Crippen molar-refractivity contribution in [3.63, 3.8) is 0 Å². The summed E-state index contributed by atoms with van der Waals surface area (Å²) in [5.74, 6) is -0.242. The number of rotatable bonds is 2. The molecule has 0 spiro atoms. The normalized spacial score (nSPS) is 13.6. The van der Waals surface area contributed by atoms with Gasteiger partial charge in [0.25, 0.3) is 5.69 Å². The number of azo groups is 1. The van der Waals surface area contributed by atoms with Crippen LogP contribution in [0.2, 0.25) is 0 Å². The molecule has 0 saturated heterocycles. The molecule has 1 aromatic rings. The van der Waals surface area contributed by atoms with Crippen molar-refractivity contribution in [3.8, 4) is 0 Å². The van der Waals surface area contributed by atoms with Crippen molar-refractivity contribution in [2.24, 2.45) is 15.6 Å². The lowest BCUT2D eigenvalue weighted by Gasteiger charge is -2.17. The van der Waals surface area contributed by atoms with Gasteiger partial charge in [-0.05, 0) is 10.5 Å². The van der Waals surface area contributed by atoms with Gasteiger partial charge in [0.2, 0.25) is 5.82 Å². The summed E-state index contributed by atoms with van der Waals surface area (Å²) in [6.07, 6.45) is 0. The van der Waals surface area contributed by atoms with Gasteiger partial charge < -0.3 is 9.95 Å². The Kier molecular flexibility index (Phi) is 4.73. The number of hydrogen-bond donors (Lipinski definition) is 2. The maximum Gasteiger partial charge on any atom is 0.333 e. The van der Waals surface area contributed by atoms with E-state index in [1.165, 1.54) is 0 Å². The molecule has 1 aromatic heterocycles. The van der Waals surface area contributed by atoms with Gasteiger partial charge in [-0.15, -0.1) is 0 Å². The predicted octanol–water partition coefficient (Wildman–Crippen LogP) is 5.03. The van der Waals surface area contributed by atoms with Crippen LogP contribution in [0.15, 0.2) is 21.8 Å². The van der Waals surface area contributed by atoms with Crippen LogP contribution < -0.4 is 0 Å². The molecule has 22 heavy (non-hydrogen) atoms. The van der Waals surface area contributed by atoms with Crippen LogP contribution in [0.3, 0.4) is 0 Å². The zero-order valence-electron chi connectivity index (χ0n) is 13.7. The standard InChI is InChI=1S/C15H20N6O/c1-14(2,3)10-9(16-7)12(19-18-10)20-21-13(17-8)11(22)15(4,5)6/h22H,1-6H3,(H,18,19)/b13-11-,21-20+. The summed E-state index contributed by atoms with van der Waals surface area (Å²) in [5, 5.41) is 24.4. The number of allylic oxidation sites excluding steroid dienone is 1. The number of aliphatic hydroxyl groups is 1. The zero-order valence-corrected chi connectivity index (χ0v) is 13.7. The number of aliphatic hydroxyl groups excluding tert-OH is 1. The monoisotopic (exact) mass is 300 g/mol. The highest BCUT2D eigenvalue weighted by atomic mass is 16.3. The number of nitrogens with one attached hydrogen (secondary N) is 1. The van der Waals surface area contributed by atoms with Crippen LogP contribution in [-0.2, 0) is 5.41 Å². The van der Waals surface area contributed by atoms with Crippen LogP contribution in [-0.4, -0.2) is 15.3 Å². The van der Waals surface area contributed by atoms with Crippen molar-refractivity contribution in [2.45, 2.75) is 47.0 Å². The molecule has 0 aliphatic heterocycles. The second kappa shape index (κ2) is 5.98. The van der Waals surface area contributed by atoms with Crippen LogP contribution in [0.5, 0.6) is 0 Å². The third-order valence-corrected chi connectivity index (χ3v) is 2.85. The maximum absolute atomic E-state index is 10.0. The maximum atomic E-state index is 10.0. The summed E-state index contributed by atoms with van der Waals surface area (Å²) >= 11 is 0. The van der Waals surface area contributed by atoms with Gasteiger partial charge in [-0.3, -0.25) is 5.10 Å². The molecular formula is C15H20N6O. The minimum atomic E-state index is -0.607. The van der Waals surface area contributed by atoms with Crippen LogP contribution in [0.1, 0.15) is 47.2 Å². The van der Waals surface area contributed by atoms with E-state index in [2.05, 4.69) is 30.1 Å².